The Labute approximate surface area is 140 Å². The van der Waals surface area contributed by atoms with Crippen molar-refractivity contribution >= 4 is 12.4 Å². The maximum atomic E-state index is 13.8. The van der Waals surface area contributed by atoms with E-state index in [-0.39, 0.29) is 5.82 Å². The first-order valence-electron chi connectivity index (χ1n) is 8.50. The summed E-state index contributed by atoms with van der Waals surface area (Å²) < 4.78 is 13.8. The van der Waals surface area contributed by atoms with Crippen LogP contribution in [0, 0.1) is 5.82 Å². The van der Waals surface area contributed by atoms with E-state index in [0.29, 0.717) is 11.3 Å². The highest BCUT2D eigenvalue weighted by atomic mass is 19.1. The summed E-state index contributed by atoms with van der Waals surface area (Å²) in [7, 11) is 0. The van der Waals surface area contributed by atoms with Gasteiger partial charge in [0, 0.05) is 18.3 Å². The molecule has 0 unspecified atom stereocenters. The molecule has 0 amide bonds. The Bertz CT molecular complexity index is 520. The fourth-order valence-electron chi connectivity index (χ4n) is 2.41. The van der Waals surface area contributed by atoms with Gasteiger partial charge in [-0.2, -0.15) is 0 Å². The molecule has 126 valence electrons. The van der Waals surface area contributed by atoms with Crippen LogP contribution in [-0.2, 0) is 0 Å². The minimum Gasteiger partial charge on any atom is -0.383 e. The van der Waals surface area contributed by atoms with Crippen LogP contribution in [0.3, 0.4) is 0 Å². The molecule has 0 bridgehead atoms. The van der Waals surface area contributed by atoms with Gasteiger partial charge in [-0.05, 0) is 44.5 Å². The average Bonchev–Trinajstić information content (AvgIpc) is 2.56. The van der Waals surface area contributed by atoms with E-state index >= 15 is 0 Å². The van der Waals surface area contributed by atoms with Crippen LogP contribution in [0.1, 0.15) is 57.4 Å². The van der Waals surface area contributed by atoms with E-state index in [1.54, 1.807) is 18.3 Å². The predicted molar refractivity (Wildman–Crippen MR) is 99.1 cm³/mol. The van der Waals surface area contributed by atoms with Crippen molar-refractivity contribution in [1.82, 2.24) is 5.32 Å². The SMILES string of the molecule is C=N/C=C(\NCCCCCCCC(=C)CC)c1ccccc1F. The molecule has 1 aromatic rings. The van der Waals surface area contributed by atoms with E-state index in [1.165, 1.54) is 37.3 Å². The highest BCUT2D eigenvalue weighted by molar-refractivity contribution is 5.64. The zero-order valence-corrected chi connectivity index (χ0v) is 14.3. The number of unbranched alkanes of at least 4 members (excludes halogenated alkanes) is 4. The Morgan fingerprint density at radius 3 is 2.57 bits per heavy atom. The van der Waals surface area contributed by atoms with Gasteiger partial charge >= 0.3 is 0 Å². The fraction of sp³-hybridized carbons (Fsp3) is 0.450. The number of hydrogen-bond donors (Lipinski definition) is 1. The van der Waals surface area contributed by atoms with Crippen LogP contribution >= 0.6 is 0 Å². The van der Waals surface area contributed by atoms with Gasteiger partial charge in [-0.25, -0.2) is 4.39 Å². The molecule has 2 nitrogen and oxygen atoms in total. The highest BCUT2D eigenvalue weighted by Gasteiger charge is 2.06. The van der Waals surface area contributed by atoms with Gasteiger partial charge < -0.3 is 5.32 Å². The van der Waals surface area contributed by atoms with Gasteiger partial charge in [-0.3, -0.25) is 4.99 Å². The molecule has 23 heavy (non-hydrogen) atoms. The number of nitrogens with one attached hydrogen (secondary N) is 1. The van der Waals surface area contributed by atoms with Crippen LogP contribution in [0.25, 0.3) is 5.70 Å². The molecule has 1 aromatic carbocycles. The Hall–Kier alpha value is -1.90. The second-order valence-corrected chi connectivity index (χ2v) is 5.75. The molecule has 1 N–H and O–H groups in total. The molecule has 0 heterocycles. The zero-order chi connectivity index (χ0) is 16.9. The standard InChI is InChI=1S/C20H29FN2/c1-4-17(2)12-8-6-5-7-11-15-23-20(16-22-3)18-13-9-10-14-19(18)21/h9-10,13-14,16,23H,2-8,11-12,15H2,1H3/b20-16-. The highest BCUT2D eigenvalue weighted by Crippen LogP contribution is 2.16. The van der Waals surface area contributed by atoms with Crippen molar-refractivity contribution in [1.29, 1.82) is 0 Å². The van der Waals surface area contributed by atoms with Crippen LogP contribution in [-0.4, -0.2) is 13.3 Å². The van der Waals surface area contributed by atoms with Gasteiger partial charge in [-0.1, -0.05) is 50.5 Å². The van der Waals surface area contributed by atoms with Gasteiger partial charge in [0.15, 0.2) is 0 Å². The summed E-state index contributed by atoms with van der Waals surface area (Å²) in [6.45, 7) is 10.5. The lowest BCUT2D eigenvalue weighted by Crippen LogP contribution is -2.14. The second kappa shape index (κ2) is 11.6. The van der Waals surface area contributed by atoms with Crippen molar-refractivity contribution in [2.45, 2.75) is 51.9 Å². The van der Waals surface area contributed by atoms with Crippen molar-refractivity contribution in [2.75, 3.05) is 6.54 Å². The van der Waals surface area contributed by atoms with Gasteiger partial charge in [0.2, 0.25) is 0 Å². The van der Waals surface area contributed by atoms with Crippen molar-refractivity contribution in [3.8, 4) is 0 Å². The Balaban J connectivity index is 2.25. The smallest absolute Gasteiger partial charge is 0.132 e. The van der Waals surface area contributed by atoms with Crippen LogP contribution in [0.4, 0.5) is 4.39 Å². The minimum atomic E-state index is -0.244. The molecule has 0 atom stereocenters. The number of rotatable bonds is 12. The van der Waals surface area contributed by atoms with Crippen molar-refractivity contribution < 1.29 is 4.39 Å². The van der Waals surface area contributed by atoms with Crippen molar-refractivity contribution in [2.24, 2.45) is 4.99 Å². The first-order valence-corrected chi connectivity index (χ1v) is 8.50. The van der Waals surface area contributed by atoms with Gasteiger partial charge in [-0.15, -0.1) is 0 Å². The lowest BCUT2D eigenvalue weighted by molar-refractivity contribution is 0.598. The predicted octanol–water partition coefficient (Wildman–Crippen LogP) is 5.72. The van der Waals surface area contributed by atoms with E-state index in [9.17, 15) is 4.39 Å². The van der Waals surface area contributed by atoms with Crippen molar-refractivity contribution in [3.63, 3.8) is 0 Å². The number of aliphatic imine (C=N–C) groups is 1. The lowest BCUT2D eigenvalue weighted by Gasteiger charge is -2.11. The molecular weight excluding hydrogens is 287 g/mol. The fourth-order valence-corrected chi connectivity index (χ4v) is 2.41. The summed E-state index contributed by atoms with van der Waals surface area (Å²) in [5, 5.41) is 3.27. The maximum Gasteiger partial charge on any atom is 0.132 e. The molecule has 0 aromatic heterocycles. The molecule has 0 fully saturated rings. The second-order valence-electron chi connectivity index (χ2n) is 5.75. The summed E-state index contributed by atoms with van der Waals surface area (Å²) in [5.74, 6) is -0.244. The molecule has 0 spiro atoms. The molecule has 3 heteroatoms. The van der Waals surface area contributed by atoms with E-state index in [4.69, 9.17) is 0 Å². The number of allylic oxidation sites excluding steroid dienone is 1. The number of nitrogens with zero attached hydrogens (tertiary/aromatic N) is 1. The molecule has 0 aliphatic heterocycles. The number of hydrogen-bond acceptors (Lipinski definition) is 2. The van der Waals surface area contributed by atoms with E-state index in [0.717, 1.165) is 25.8 Å². The van der Waals surface area contributed by atoms with Gasteiger partial charge in [0.25, 0.3) is 0 Å². The maximum absolute atomic E-state index is 13.8. The Morgan fingerprint density at radius 2 is 1.87 bits per heavy atom. The first-order chi connectivity index (χ1) is 11.2. The van der Waals surface area contributed by atoms with Crippen LogP contribution in [0.15, 0.2) is 47.6 Å². The third-order valence-electron chi connectivity index (χ3n) is 3.91. The molecular formula is C20H29FN2. The minimum absolute atomic E-state index is 0.244. The van der Waals surface area contributed by atoms with Crippen LogP contribution < -0.4 is 5.32 Å². The molecule has 0 aliphatic rings. The largest absolute Gasteiger partial charge is 0.383 e. The molecule has 0 radical (unpaired) electrons. The summed E-state index contributed by atoms with van der Waals surface area (Å²) in [5.41, 5.74) is 2.58. The molecule has 1 rings (SSSR count). The average molecular weight is 316 g/mol. The molecule has 0 saturated carbocycles. The summed E-state index contributed by atoms with van der Waals surface area (Å²) in [6.07, 6.45) is 9.79. The molecule has 0 saturated heterocycles. The topological polar surface area (TPSA) is 24.4 Å². The van der Waals surface area contributed by atoms with Crippen LogP contribution in [0.2, 0.25) is 0 Å². The number of halogens is 1. The van der Waals surface area contributed by atoms with E-state index in [1.807, 2.05) is 6.07 Å². The summed E-state index contributed by atoms with van der Waals surface area (Å²) in [6, 6.07) is 6.71. The first kappa shape index (κ1) is 19.1. The Kier molecular flexibility index (Phi) is 9.69. The lowest BCUT2D eigenvalue weighted by atomic mass is 10.1. The number of benzene rings is 1. The van der Waals surface area contributed by atoms with Crippen LogP contribution in [0.5, 0.6) is 0 Å². The van der Waals surface area contributed by atoms with Crippen molar-refractivity contribution in [3.05, 3.63) is 54.0 Å². The normalized spacial score (nSPS) is 11.3. The van der Waals surface area contributed by atoms with Gasteiger partial charge in [0.1, 0.15) is 5.82 Å². The zero-order valence-electron chi connectivity index (χ0n) is 14.3. The quantitative estimate of drug-likeness (QED) is 0.297. The third kappa shape index (κ3) is 7.78. The molecule has 0 aliphatic carbocycles. The third-order valence-corrected chi connectivity index (χ3v) is 3.91. The van der Waals surface area contributed by atoms with E-state index < -0.39 is 0 Å². The monoisotopic (exact) mass is 316 g/mol. The Morgan fingerprint density at radius 1 is 1.17 bits per heavy atom. The van der Waals surface area contributed by atoms with E-state index in [2.05, 4.69) is 30.5 Å². The van der Waals surface area contributed by atoms with Gasteiger partial charge in [0.05, 0.1) is 5.70 Å². The summed E-state index contributed by atoms with van der Waals surface area (Å²) >= 11 is 0. The summed E-state index contributed by atoms with van der Waals surface area (Å²) in [4.78, 5) is 3.77.